The highest BCUT2D eigenvalue weighted by Crippen LogP contribution is 2.32. The van der Waals surface area contributed by atoms with Gasteiger partial charge in [0, 0.05) is 18.5 Å². The Bertz CT molecular complexity index is 159. The summed E-state index contributed by atoms with van der Waals surface area (Å²) >= 11 is 5.41. The number of carbonyl (C=O) groups excluding carboxylic acids is 1. The quantitative estimate of drug-likeness (QED) is 0.646. The first-order valence-electron chi connectivity index (χ1n) is 4.34. The minimum absolute atomic E-state index is 0.102. The zero-order valence-electron chi connectivity index (χ0n) is 7.27. The molecule has 0 spiro atoms. The molecule has 0 bridgehead atoms. The van der Waals surface area contributed by atoms with Gasteiger partial charge in [-0.15, -0.1) is 11.6 Å². The number of nitrogens with one attached hydrogen (secondary N) is 2. The Morgan fingerprint density at radius 1 is 1.67 bits per heavy atom. The number of amides is 2. The van der Waals surface area contributed by atoms with Gasteiger partial charge < -0.3 is 10.6 Å². The fourth-order valence-corrected chi connectivity index (χ4v) is 1.23. The normalized spacial score (nSPS) is 18.5. The number of halogens is 1. The van der Waals surface area contributed by atoms with Gasteiger partial charge in [0.1, 0.15) is 0 Å². The lowest BCUT2D eigenvalue weighted by Crippen LogP contribution is -2.42. The lowest BCUT2D eigenvalue weighted by atomic mass is 10.2. The molecular weight excluding hydrogens is 176 g/mol. The molecule has 1 rings (SSSR count). The first-order chi connectivity index (χ1) is 5.74. The summed E-state index contributed by atoms with van der Waals surface area (Å²) in [5.74, 6) is 1.16. The van der Waals surface area contributed by atoms with Gasteiger partial charge in [-0.05, 0) is 25.7 Å². The molecule has 0 aromatic heterocycles. The van der Waals surface area contributed by atoms with Crippen LogP contribution < -0.4 is 10.6 Å². The Kier molecular flexibility index (Phi) is 3.66. The second kappa shape index (κ2) is 4.55. The average molecular weight is 191 g/mol. The summed E-state index contributed by atoms with van der Waals surface area (Å²) in [5.41, 5.74) is 0. The van der Waals surface area contributed by atoms with Gasteiger partial charge in [-0.1, -0.05) is 0 Å². The molecule has 70 valence electrons. The molecule has 2 amide bonds. The molecule has 2 N–H and O–H groups in total. The average Bonchev–Trinajstić information content (AvgIpc) is 2.82. The SMILES string of the molecule is C[C@H](NC(=O)NCCCl)C1CC1. The third kappa shape index (κ3) is 3.30. The molecular formula is C8H15ClN2O. The van der Waals surface area contributed by atoms with Gasteiger partial charge in [-0.3, -0.25) is 0 Å². The van der Waals surface area contributed by atoms with Crippen molar-refractivity contribution < 1.29 is 4.79 Å². The van der Waals surface area contributed by atoms with E-state index in [1.807, 2.05) is 6.92 Å². The van der Waals surface area contributed by atoms with Crippen molar-refractivity contribution in [1.29, 1.82) is 0 Å². The van der Waals surface area contributed by atoms with Crippen LogP contribution in [0.4, 0.5) is 4.79 Å². The van der Waals surface area contributed by atoms with Gasteiger partial charge in [-0.2, -0.15) is 0 Å². The van der Waals surface area contributed by atoms with Crippen LogP contribution in [0.25, 0.3) is 0 Å². The summed E-state index contributed by atoms with van der Waals surface area (Å²) in [5, 5.41) is 5.53. The van der Waals surface area contributed by atoms with Crippen molar-refractivity contribution in [3.63, 3.8) is 0 Å². The van der Waals surface area contributed by atoms with Gasteiger partial charge in [0.05, 0.1) is 0 Å². The van der Waals surface area contributed by atoms with Crippen LogP contribution in [0.15, 0.2) is 0 Å². The molecule has 1 atom stereocenters. The predicted molar refractivity (Wildman–Crippen MR) is 49.4 cm³/mol. The second-order valence-corrected chi connectivity index (χ2v) is 3.59. The molecule has 1 aliphatic rings. The van der Waals surface area contributed by atoms with Crippen LogP contribution in [0.3, 0.4) is 0 Å². The molecule has 3 nitrogen and oxygen atoms in total. The van der Waals surface area contributed by atoms with Gasteiger partial charge in [0.15, 0.2) is 0 Å². The van der Waals surface area contributed by atoms with E-state index in [1.165, 1.54) is 12.8 Å². The summed E-state index contributed by atoms with van der Waals surface area (Å²) in [7, 11) is 0. The van der Waals surface area contributed by atoms with Crippen molar-refractivity contribution >= 4 is 17.6 Å². The molecule has 0 heterocycles. The minimum atomic E-state index is -0.102. The molecule has 1 aliphatic carbocycles. The predicted octanol–water partition coefficient (Wildman–Crippen LogP) is 1.32. The number of rotatable bonds is 4. The van der Waals surface area contributed by atoms with E-state index in [2.05, 4.69) is 10.6 Å². The number of hydrogen-bond donors (Lipinski definition) is 2. The first kappa shape index (κ1) is 9.65. The Morgan fingerprint density at radius 2 is 2.33 bits per heavy atom. The van der Waals surface area contributed by atoms with Gasteiger partial charge in [0.2, 0.25) is 0 Å². The zero-order valence-corrected chi connectivity index (χ0v) is 8.03. The largest absolute Gasteiger partial charge is 0.337 e. The number of carbonyl (C=O) groups is 1. The van der Waals surface area contributed by atoms with E-state index in [4.69, 9.17) is 11.6 Å². The molecule has 0 aliphatic heterocycles. The Hall–Kier alpha value is -0.440. The number of urea groups is 1. The monoisotopic (exact) mass is 190 g/mol. The maximum atomic E-state index is 11.1. The minimum Gasteiger partial charge on any atom is -0.337 e. The van der Waals surface area contributed by atoms with Crippen LogP contribution in [-0.2, 0) is 0 Å². The maximum Gasteiger partial charge on any atom is 0.315 e. The van der Waals surface area contributed by atoms with Gasteiger partial charge >= 0.3 is 6.03 Å². The van der Waals surface area contributed by atoms with E-state index < -0.39 is 0 Å². The fourth-order valence-electron chi connectivity index (χ4n) is 1.13. The van der Waals surface area contributed by atoms with E-state index in [1.54, 1.807) is 0 Å². The van der Waals surface area contributed by atoms with E-state index >= 15 is 0 Å². The van der Waals surface area contributed by atoms with Gasteiger partial charge in [-0.25, -0.2) is 4.79 Å². The Morgan fingerprint density at radius 3 is 2.83 bits per heavy atom. The van der Waals surface area contributed by atoms with Crippen molar-refractivity contribution in [3.05, 3.63) is 0 Å². The van der Waals surface area contributed by atoms with Crippen LogP contribution in [0.5, 0.6) is 0 Å². The topological polar surface area (TPSA) is 41.1 Å². The highest BCUT2D eigenvalue weighted by molar-refractivity contribution is 6.18. The van der Waals surface area contributed by atoms with Crippen molar-refractivity contribution in [2.24, 2.45) is 5.92 Å². The van der Waals surface area contributed by atoms with E-state index in [0.717, 1.165) is 0 Å². The third-order valence-electron chi connectivity index (χ3n) is 2.07. The summed E-state index contributed by atoms with van der Waals surface area (Å²) < 4.78 is 0. The molecule has 0 unspecified atom stereocenters. The Labute approximate surface area is 77.9 Å². The summed E-state index contributed by atoms with van der Waals surface area (Å²) in [6.45, 7) is 2.57. The maximum absolute atomic E-state index is 11.1. The number of hydrogen-bond acceptors (Lipinski definition) is 1. The van der Waals surface area contributed by atoms with Crippen LogP contribution in [0.1, 0.15) is 19.8 Å². The molecule has 4 heteroatoms. The van der Waals surface area contributed by atoms with Crippen molar-refractivity contribution in [1.82, 2.24) is 10.6 Å². The molecule has 12 heavy (non-hydrogen) atoms. The summed E-state index contributed by atoms with van der Waals surface area (Å²) in [6.07, 6.45) is 2.49. The zero-order chi connectivity index (χ0) is 8.97. The second-order valence-electron chi connectivity index (χ2n) is 3.22. The smallest absolute Gasteiger partial charge is 0.315 e. The third-order valence-corrected chi connectivity index (χ3v) is 2.26. The fraction of sp³-hybridized carbons (Fsp3) is 0.875. The van der Waals surface area contributed by atoms with Crippen LogP contribution >= 0.6 is 11.6 Å². The molecule has 0 radical (unpaired) electrons. The first-order valence-corrected chi connectivity index (χ1v) is 4.88. The van der Waals surface area contributed by atoms with Crippen LogP contribution in [0, 0.1) is 5.92 Å². The molecule has 0 saturated heterocycles. The van der Waals surface area contributed by atoms with Gasteiger partial charge in [0.25, 0.3) is 0 Å². The molecule has 0 aromatic carbocycles. The van der Waals surface area contributed by atoms with Crippen molar-refractivity contribution in [2.45, 2.75) is 25.8 Å². The highest BCUT2D eigenvalue weighted by Gasteiger charge is 2.28. The summed E-state index contributed by atoms with van der Waals surface area (Å²) in [4.78, 5) is 11.1. The lowest BCUT2D eigenvalue weighted by molar-refractivity contribution is 0.237. The molecule has 0 aromatic rings. The number of alkyl halides is 1. The highest BCUT2D eigenvalue weighted by atomic mass is 35.5. The standard InChI is InChI=1S/C8H15ClN2O/c1-6(7-2-3-7)11-8(12)10-5-4-9/h6-7H,2-5H2,1H3,(H2,10,11,12)/t6-/m0/s1. The Balaban J connectivity index is 2.07. The van der Waals surface area contributed by atoms with Crippen LogP contribution in [0.2, 0.25) is 0 Å². The van der Waals surface area contributed by atoms with Crippen LogP contribution in [-0.4, -0.2) is 24.5 Å². The van der Waals surface area contributed by atoms with Crippen molar-refractivity contribution in [3.8, 4) is 0 Å². The van der Waals surface area contributed by atoms with E-state index in [9.17, 15) is 4.79 Å². The van der Waals surface area contributed by atoms with E-state index in [0.29, 0.717) is 24.4 Å². The van der Waals surface area contributed by atoms with E-state index in [-0.39, 0.29) is 6.03 Å². The lowest BCUT2D eigenvalue weighted by Gasteiger charge is -2.12. The molecule has 1 fully saturated rings. The summed E-state index contributed by atoms with van der Waals surface area (Å²) in [6, 6.07) is 0.204. The molecule has 1 saturated carbocycles. The van der Waals surface area contributed by atoms with Crippen molar-refractivity contribution in [2.75, 3.05) is 12.4 Å².